The van der Waals surface area contributed by atoms with Gasteiger partial charge in [-0.25, -0.2) is 9.67 Å². The number of aliphatic imine (C=N–C) groups is 1. The van der Waals surface area contributed by atoms with E-state index in [9.17, 15) is 0 Å². The molecule has 0 amide bonds. The van der Waals surface area contributed by atoms with Crippen LogP contribution in [0.15, 0.2) is 41.7 Å². The molecule has 0 saturated carbocycles. The van der Waals surface area contributed by atoms with Crippen molar-refractivity contribution in [2.24, 2.45) is 16.5 Å². The molecule has 5 nitrogen and oxygen atoms in total. The molecule has 0 aliphatic heterocycles. The summed E-state index contributed by atoms with van der Waals surface area (Å²) in [7, 11) is 0. The molecular weight excluding hydrogens is 329 g/mol. The lowest BCUT2D eigenvalue weighted by Gasteiger charge is -2.09. The van der Waals surface area contributed by atoms with Crippen LogP contribution in [-0.4, -0.2) is 20.7 Å². The smallest absolute Gasteiger partial charge is 0.159 e. The molecule has 0 unspecified atom stereocenters. The van der Waals surface area contributed by atoms with Crippen LogP contribution in [0.5, 0.6) is 0 Å². The van der Waals surface area contributed by atoms with E-state index in [-0.39, 0.29) is 24.8 Å². The lowest BCUT2D eigenvalue weighted by Crippen LogP contribution is -2.07. The maximum atomic E-state index is 5.80. The summed E-state index contributed by atoms with van der Waals surface area (Å²) >= 11 is 1.52. The van der Waals surface area contributed by atoms with Crippen molar-refractivity contribution < 1.29 is 0 Å². The van der Waals surface area contributed by atoms with E-state index in [0.717, 1.165) is 22.7 Å². The Balaban J connectivity index is 0.00000200. The lowest BCUT2D eigenvalue weighted by molar-refractivity contribution is 0.858. The average Bonchev–Trinajstić information content (AvgIpc) is 2.92. The molecule has 0 aliphatic rings. The van der Waals surface area contributed by atoms with Gasteiger partial charge in [0.25, 0.3) is 0 Å². The first kappa shape index (κ1) is 19.8. The zero-order chi connectivity index (χ0) is 13.7. The van der Waals surface area contributed by atoms with Crippen molar-refractivity contribution in [1.82, 2.24) is 9.78 Å². The van der Waals surface area contributed by atoms with E-state index in [4.69, 9.17) is 11.5 Å². The van der Waals surface area contributed by atoms with Crippen LogP contribution in [-0.2, 0) is 6.54 Å². The molecule has 0 fully saturated rings. The standard InChI is InChI=1S/C13H17N5S.2ClH/c1-2-19-13(15)17-11-4-5-12(10(8-11)9-14)18-7-3-6-16-18;;/h3-8H,2,9,14H2,1H3,(H2,15,17);2*1H. The van der Waals surface area contributed by atoms with Crippen LogP contribution in [0.4, 0.5) is 5.69 Å². The van der Waals surface area contributed by atoms with Gasteiger partial charge in [0.1, 0.15) is 0 Å². The largest absolute Gasteiger partial charge is 0.378 e. The monoisotopic (exact) mass is 347 g/mol. The normalized spacial score (nSPS) is 10.7. The van der Waals surface area contributed by atoms with Gasteiger partial charge in [0.05, 0.1) is 11.4 Å². The third-order valence-electron chi connectivity index (χ3n) is 2.57. The summed E-state index contributed by atoms with van der Waals surface area (Å²) in [5.41, 5.74) is 14.4. The number of amidine groups is 1. The van der Waals surface area contributed by atoms with Crippen LogP contribution in [0.1, 0.15) is 12.5 Å². The quantitative estimate of drug-likeness (QED) is 0.657. The molecule has 0 bridgehead atoms. The first-order valence-corrected chi connectivity index (χ1v) is 7.03. The fraction of sp³-hybridized carbons (Fsp3) is 0.231. The molecule has 0 saturated heterocycles. The van der Waals surface area contributed by atoms with Crippen LogP contribution in [0.2, 0.25) is 0 Å². The summed E-state index contributed by atoms with van der Waals surface area (Å²) in [4.78, 5) is 4.35. The number of benzene rings is 1. The highest BCUT2D eigenvalue weighted by atomic mass is 35.5. The van der Waals surface area contributed by atoms with E-state index in [1.807, 2.05) is 37.4 Å². The number of nitrogens with zero attached hydrogens (tertiary/aromatic N) is 3. The predicted molar refractivity (Wildman–Crippen MR) is 95.4 cm³/mol. The summed E-state index contributed by atoms with van der Waals surface area (Å²) in [5.74, 6) is 0.907. The summed E-state index contributed by atoms with van der Waals surface area (Å²) in [6.07, 6.45) is 3.63. The predicted octanol–water partition coefficient (Wildman–Crippen LogP) is 2.87. The molecule has 2 rings (SSSR count). The molecule has 2 aromatic rings. The molecular formula is C13H19Cl2N5S. The highest BCUT2D eigenvalue weighted by molar-refractivity contribution is 8.13. The summed E-state index contributed by atoms with van der Waals surface area (Å²) < 4.78 is 1.79. The minimum absolute atomic E-state index is 0. The maximum Gasteiger partial charge on any atom is 0.159 e. The molecule has 116 valence electrons. The Bertz CT molecular complexity index is 572. The molecule has 1 aromatic carbocycles. The number of thioether (sulfide) groups is 1. The number of hydrogen-bond donors (Lipinski definition) is 2. The minimum Gasteiger partial charge on any atom is -0.378 e. The lowest BCUT2D eigenvalue weighted by atomic mass is 10.1. The Morgan fingerprint density at radius 2 is 2.14 bits per heavy atom. The molecule has 0 aliphatic carbocycles. The van der Waals surface area contributed by atoms with Gasteiger partial charge in [0, 0.05) is 18.9 Å². The SMILES string of the molecule is CCSC(N)=Nc1ccc(-n2cccn2)c(CN)c1.Cl.Cl. The molecule has 0 spiro atoms. The van der Waals surface area contributed by atoms with Gasteiger partial charge in [-0.3, -0.25) is 0 Å². The van der Waals surface area contributed by atoms with Crippen molar-refractivity contribution in [3.8, 4) is 5.69 Å². The molecule has 0 radical (unpaired) electrons. The van der Waals surface area contributed by atoms with Gasteiger partial charge in [-0.15, -0.1) is 24.8 Å². The number of rotatable bonds is 4. The van der Waals surface area contributed by atoms with Crippen molar-refractivity contribution in [1.29, 1.82) is 0 Å². The maximum absolute atomic E-state index is 5.80. The van der Waals surface area contributed by atoms with E-state index in [0.29, 0.717) is 11.7 Å². The fourth-order valence-corrected chi connectivity index (χ4v) is 2.21. The highest BCUT2D eigenvalue weighted by Gasteiger charge is 2.05. The van der Waals surface area contributed by atoms with Gasteiger partial charge in [0.2, 0.25) is 0 Å². The second-order valence-corrected chi connectivity index (χ2v) is 5.14. The molecule has 1 aromatic heterocycles. The summed E-state index contributed by atoms with van der Waals surface area (Å²) in [6, 6.07) is 7.69. The average molecular weight is 348 g/mol. The zero-order valence-corrected chi connectivity index (χ0v) is 14.0. The van der Waals surface area contributed by atoms with E-state index in [2.05, 4.69) is 10.1 Å². The van der Waals surface area contributed by atoms with E-state index < -0.39 is 0 Å². The fourth-order valence-electron chi connectivity index (χ4n) is 1.75. The van der Waals surface area contributed by atoms with Crippen LogP contribution in [0.25, 0.3) is 5.69 Å². The van der Waals surface area contributed by atoms with Gasteiger partial charge >= 0.3 is 0 Å². The molecule has 1 heterocycles. The van der Waals surface area contributed by atoms with Crippen molar-refractivity contribution in [3.63, 3.8) is 0 Å². The summed E-state index contributed by atoms with van der Waals surface area (Å²) in [5, 5.41) is 4.78. The molecule has 8 heteroatoms. The molecule has 0 atom stereocenters. The first-order valence-electron chi connectivity index (χ1n) is 6.04. The Hall–Kier alpha value is -1.21. The third kappa shape index (κ3) is 5.24. The zero-order valence-electron chi connectivity index (χ0n) is 11.6. The Kier molecular flexibility index (Phi) is 9.12. The number of halogens is 2. The van der Waals surface area contributed by atoms with Gasteiger partial charge in [-0.2, -0.15) is 5.10 Å². The highest BCUT2D eigenvalue weighted by Crippen LogP contribution is 2.21. The van der Waals surface area contributed by atoms with Crippen LogP contribution >= 0.6 is 36.6 Å². The Labute approximate surface area is 141 Å². The van der Waals surface area contributed by atoms with Crippen LogP contribution in [0.3, 0.4) is 0 Å². The summed E-state index contributed by atoms with van der Waals surface area (Å²) in [6.45, 7) is 2.47. The van der Waals surface area contributed by atoms with E-state index in [1.165, 1.54) is 11.8 Å². The van der Waals surface area contributed by atoms with Gasteiger partial charge < -0.3 is 11.5 Å². The van der Waals surface area contributed by atoms with Gasteiger partial charge in [-0.1, -0.05) is 18.7 Å². The second-order valence-electron chi connectivity index (χ2n) is 3.85. The van der Waals surface area contributed by atoms with Gasteiger partial charge in [0.15, 0.2) is 5.17 Å². The number of nitrogens with two attached hydrogens (primary N) is 2. The van der Waals surface area contributed by atoms with E-state index in [1.54, 1.807) is 10.9 Å². The van der Waals surface area contributed by atoms with Crippen molar-refractivity contribution in [2.75, 3.05) is 5.75 Å². The van der Waals surface area contributed by atoms with Gasteiger partial charge in [-0.05, 0) is 35.6 Å². The number of aromatic nitrogens is 2. The number of hydrogen-bond acceptors (Lipinski definition) is 4. The van der Waals surface area contributed by atoms with Crippen molar-refractivity contribution in [3.05, 3.63) is 42.2 Å². The topological polar surface area (TPSA) is 82.2 Å². The third-order valence-corrected chi connectivity index (χ3v) is 3.24. The van der Waals surface area contributed by atoms with Crippen molar-refractivity contribution in [2.45, 2.75) is 13.5 Å². The minimum atomic E-state index is 0. The Morgan fingerprint density at radius 1 is 1.38 bits per heavy atom. The molecule has 4 N–H and O–H groups in total. The van der Waals surface area contributed by atoms with Crippen LogP contribution in [0, 0.1) is 0 Å². The first-order chi connectivity index (χ1) is 9.24. The second kappa shape index (κ2) is 9.68. The van der Waals surface area contributed by atoms with Crippen LogP contribution < -0.4 is 11.5 Å². The van der Waals surface area contributed by atoms with E-state index >= 15 is 0 Å². The van der Waals surface area contributed by atoms with Crippen molar-refractivity contribution >= 4 is 47.4 Å². The Morgan fingerprint density at radius 3 is 2.71 bits per heavy atom. The molecule has 21 heavy (non-hydrogen) atoms.